The van der Waals surface area contributed by atoms with Crippen molar-refractivity contribution >= 4 is 30.5 Å². The quantitative estimate of drug-likeness (QED) is 0.647. The third-order valence-electron chi connectivity index (χ3n) is 3.22. The molecule has 0 spiro atoms. The van der Waals surface area contributed by atoms with E-state index in [1.54, 1.807) is 27.8 Å². The minimum absolute atomic E-state index is 0.0903. The molecule has 0 aliphatic rings. The number of hydrogen-bond acceptors (Lipinski definition) is 5. The van der Waals surface area contributed by atoms with Crippen LogP contribution in [0.15, 0.2) is 0 Å². The number of carbonyl (C=O) groups is 3. The van der Waals surface area contributed by atoms with Crippen LogP contribution in [0.3, 0.4) is 0 Å². The number of carbonyl (C=O) groups excluding carboxylic acids is 3. The van der Waals surface area contributed by atoms with Crippen LogP contribution in [0.25, 0.3) is 0 Å². The van der Waals surface area contributed by atoms with Crippen molar-refractivity contribution < 1.29 is 19.1 Å². The molecule has 0 aromatic rings. The Labute approximate surface area is 150 Å². The van der Waals surface area contributed by atoms with Gasteiger partial charge in [0.2, 0.25) is 11.8 Å². The van der Waals surface area contributed by atoms with Gasteiger partial charge in [-0.05, 0) is 26.2 Å². The van der Waals surface area contributed by atoms with E-state index in [0.717, 1.165) is 0 Å². The van der Waals surface area contributed by atoms with Crippen molar-refractivity contribution in [1.29, 1.82) is 0 Å². The van der Waals surface area contributed by atoms with Gasteiger partial charge in [0.05, 0.1) is 0 Å². The van der Waals surface area contributed by atoms with Gasteiger partial charge in [0.25, 0.3) is 0 Å². The molecule has 0 aromatic carbocycles. The molecule has 3 amide bonds. The molecule has 8 heteroatoms. The number of rotatable bonds is 5. The van der Waals surface area contributed by atoms with Gasteiger partial charge in [-0.15, -0.1) is 0 Å². The van der Waals surface area contributed by atoms with Crippen LogP contribution >= 0.6 is 12.6 Å². The minimum atomic E-state index is -0.886. The van der Waals surface area contributed by atoms with Crippen LogP contribution in [0.1, 0.15) is 41.5 Å². The van der Waals surface area contributed by atoms with Gasteiger partial charge in [-0.3, -0.25) is 9.59 Å². The molecule has 140 valence electrons. The minimum Gasteiger partial charge on any atom is -0.444 e. The van der Waals surface area contributed by atoms with Crippen LogP contribution in [0.2, 0.25) is 0 Å². The Kier molecular flexibility index (Phi) is 8.08. The predicted octanol–water partition coefficient (Wildman–Crippen LogP) is 1.43. The Hall–Kier alpha value is -1.44. The van der Waals surface area contributed by atoms with Gasteiger partial charge in [0.15, 0.2) is 0 Å². The molecule has 2 N–H and O–H groups in total. The fourth-order valence-electron chi connectivity index (χ4n) is 2.30. The fraction of sp³-hybridized carbons (Fsp3) is 0.812. The van der Waals surface area contributed by atoms with Gasteiger partial charge in [0.1, 0.15) is 17.7 Å². The van der Waals surface area contributed by atoms with E-state index in [9.17, 15) is 14.4 Å². The van der Waals surface area contributed by atoms with Gasteiger partial charge in [-0.2, -0.15) is 12.6 Å². The van der Waals surface area contributed by atoms with E-state index in [-0.39, 0.29) is 11.7 Å². The average Bonchev–Trinajstić information content (AvgIpc) is 2.40. The summed E-state index contributed by atoms with van der Waals surface area (Å²) >= 11 is 4.13. The molecule has 0 saturated carbocycles. The second kappa shape index (κ2) is 8.60. The summed E-state index contributed by atoms with van der Waals surface area (Å²) in [4.78, 5) is 38.1. The van der Waals surface area contributed by atoms with Crippen molar-refractivity contribution in [2.24, 2.45) is 5.41 Å². The molecule has 2 atom stereocenters. The molecule has 24 heavy (non-hydrogen) atoms. The van der Waals surface area contributed by atoms with E-state index in [1.165, 1.54) is 11.9 Å². The Bertz CT molecular complexity index is 469. The molecule has 0 aliphatic carbocycles. The van der Waals surface area contributed by atoms with Crippen LogP contribution < -0.4 is 10.6 Å². The number of thiol groups is 1. The molecule has 0 aromatic heterocycles. The number of hydrogen-bond donors (Lipinski definition) is 3. The van der Waals surface area contributed by atoms with E-state index < -0.39 is 35.1 Å². The molecule has 0 radical (unpaired) electrons. The third kappa shape index (κ3) is 6.98. The lowest BCUT2D eigenvalue weighted by atomic mass is 9.85. The molecule has 0 heterocycles. The zero-order valence-electron chi connectivity index (χ0n) is 15.9. The maximum Gasteiger partial charge on any atom is 0.408 e. The number of amides is 3. The zero-order valence-corrected chi connectivity index (χ0v) is 16.8. The summed E-state index contributed by atoms with van der Waals surface area (Å²) in [6.07, 6.45) is -0.699. The van der Waals surface area contributed by atoms with Gasteiger partial charge >= 0.3 is 6.09 Å². The molecule has 7 nitrogen and oxygen atoms in total. The molecular weight excluding hydrogens is 330 g/mol. The van der Waals surface area contributed by atoms with Gasteiger partial charge in [-0.25, -0.2) is 4.79 Å². The van der Waals surface area contributed by atoms with E-state index >= 15 is 0 Å². The lowest BCUT2D eigenvalue weighted by Gasteiger charge is -2.38. The van der Waals surface area contributed by atoms with Crippen molar-refractivity contribution in [3.8, 4) is 0 Å². The van der Waals surface area contributed by atoms with Gasteiger partial charge < -0.3 is 20.3 Å². The standard InChI is InChI=1S/C16H31N3O4S/c1-15(2,3)11(12(20)17-7)19(8)13(21)10(9-24)18-14(22)23-16(4,5)6/h10-11,24H,9H2,1-8H3,(H,17,20)(H,18,22)/t10-,11-/m1/s1. The number of likely N-dealkylation sites (N-methyl/N-ethyl adjacent to an activating group) is 2. The van der Waals surface area contributed by atoms with Crippen LogP contribution in [0.4, 0.5) is 4.79 Å². The summed E-state index contributed by atoms with van der Waals surface area (Å²) in [5, 5.41) is 5.08. The second-order valence-corrected chi connectivity index (χ2v) is 8.08. The monoisotopic (exact) mass is 361 g/mol. The summed E-state index contributed by atoms with van der Waals surface area (Å²) in [7, 11) is 3.06. The lowest BCUT2D eigenvalue weighted by molar-refractivity contribution is -0.143. The Morgan fingerprint density at radius 2 is 1.62 bits per heavy atom. The number of ether oxygens (including phenoxy) is 1. The molecule has 0 aliphatic heterocycles. The highest BCUT2D eigenvalue weighted by Crippen LogP contribution is 2.24. The van der Waals surface area contributed by atoms with E-state index in [2.05, 4.69) is 23.3 Å². The number of alkyl carbamates (subject to hydrolysis) is 1. The molecule has 0 rings (SSSR count). The number of nitrogens with zero attached hydrogens (tertiary/aromatic N) is 1. The summed E-state index contributed by atoms with van der Waals surface area (Å²) in [6, 6.07) is -1.57. The SMILES string of the molecule is CNC(=O)[C@@H](N(C)C(=O)[C@@H](CS)NC(=O)OC(C)(C)C)C(C)(C)C. The maximum absolute atomic E-state index is 12.7. The van der Waals surface area contributed by atoms with E-state index in [4.69, 9.17) is 4.74 Å². The van der Waals surface area contributed by atoms with Crippen molar-refractivity contribution in [3.63, 3.8) is 0 Å². The smallest absolute Gasteiger partial charge is 0.408 e. The Morgan fingerprint density at radius 3 is 1.96 bits per heavy atom. The van der Waals surface area contributed by atoms with Crippen molar-refractivity contribution in [3.05, 3.63) is 0 Å². The van der Waals surface area contributed by atoms with Crippen molar-refractivity contribution in [1.82, 2.24) is 15.5 Å². The molecular formula is C16H31N3O4S. The van der Waals surface area contributed by atoms with Gasteiger partial charge in [-0.1, -0.05) is 20.8 Å². The topological polar surface area (TPSA) is 87.7 Å². The maximum atomic E-state index is 12.7. The second-order valence-electron chi connectivity index (χ2n) is 7.71. The largest absolute Gasteiger partial charge is 0.444 e. The van der Waals surface area contributed by atoms with Crippen LogP contribution in [-0.2, 0) is 14.3 Å². The Morgan fingerprint density at radius 1 is 1.12 bits per heavy atom. The first-order valence-electron chi connectivity index (χ1n) is 7.83. The third-order valence-corrected chi connectivity index (χ3v) is 3.59. The van der Waals surface area contributed by atoms with E-state index in [1.807, 2.05) is 20.8 Å². The van der Waals surface area contributed by atoms with Crippen molar-refractivity contribution in [2.75, 3.05) is 19.8 Å². The first kappa shape index (κ1) is 22.6. The fourth-order valence-corrected chi connectivity index (χ4v) is 2.54. The first-order chi connectivity index (χ1) is 10.7. The van der Waals surface area contributed by atoms with Crippen LogP contribution in [-0.4, -0.2) is 60.3 Å². The molecule has 0 fully saturated rings. The molecule has 0 saturated heterocycles. The summed E-state index contributed by atoms with van der Waals surface area (Å²) < 4.78 is 5.16. The number of nitrogens with one attached hydrogen (secondary N) is 2. The van der Waals surface area contributed by atoms with E-state index in [0.29, 0.717) is 0 Å². The molecule has 0 bridgehead atoms. The highest BCUT2D eigenvalue weighted by molar-refractivity contribution is 7.80. The van der Waals surface area contributed by atoms with Crippen molar-refractivity contribution in [2.45, 2.75) is 59.2 Å². The highest BCUT2D eigenvalue weighted by atomic mass is 32.1. The molecule has 0 unspecified atom stereocenters. The summed E-state index contributed by atoms with van der Waals surface area (Å²) in [6.45, 7) is 10.8. The lowest BCUT2D eigenvalue weighted by Crippen LogP contribution is -2.58. The first-order valence-corrected chi connectivity index (χ1v) is 8.46. The van der Waals surface area contributed by atoms with Crippen LogP contribution in [0, 0.1) is 5.41 Å². The highest BCUT2D eigenvalue weighted by Gasteiger charge is 2.38. The predicted molar refractivity (Wildman–Crippen MR) is 97.1 cm³/mol. The average molecular weight is 362 g/mol. The zero-order chi connectivity index (χ0) is 19.3. The summed E-state index contributed by atoms with van der Waals surface area (Å²) in [5.74, 6) is -0.583. The van der Waals surface area contributed by atoms with Crippen LogP contribution in [0.5, 0.6) is 0 Å². The van der Waals surface area contributed by atoms with Gasteiger partial charge in [0, 0.05) is 19.8 Å². The Balaban J connectivity index is 5.23. The summed E-state index contributed by atoms with van der Waals surface area (Å²) in [5.41, 5.74) is -1.15. The normalized spacial score (nSPS) is 14.4.